The van der Waals surface area contributed by atoms with Crippen LogP contribution in [0.5, 0.6) is 0 Å². The molecular formula is C26H31N5O2S. The van der Waals surface area contributed by atoms with E-state index in [-0.39, 0.29) is 17.6 Å². The molecule has 4 N–H and O–H groups in total. The number of amidine groups is 1. The number of fused-ring (bicyclic) bond motifs is 2. The molecule has 5 rings (SSSR count). The topological polar surface area (TPSA) is 103 Å². The predicted molar refractivity (Wildman–Crippen MR) is 138 cm³/mol. The standard InChI is InChI=1S/C26H31N5O2S/c1-2-34(32,33)31-24-8-3-18(17-30-11-9-29-10-12-30)13-23(24)16-25(31)20-6-4-19-5-7-21(26(27)28)15-22(19)14-20/h3-8,13-15,25,29H,2,9-12,16-17H2,1H3,(H3,27,28). The van der Waals surface area contributed by atoms with E-state index >= 15 is 0 Å². The quantitative estimate of drug-likeness (QED) is 0.374. The van der Waals surface area contributed by atoms with E-state index in [0.717, 1.165) is 60.3 Å². The highest BCUT2D eigenvalue weighted by molar-refractivity contribution is 7.92. The van der Waals surface area contributed by atoms with Crippen LogP contribution < -0.4 is 15.4 Å². The van der Waals surface area contributed by atoms with Gasteiger partial charge in [-0.1, -0.05) is 36.4 Å². The van der Waals surface area contributed by atoms with E-state index in [4.69, 9.17) is 11.1 Å². The summed E-state index contributed by atoms with van der Waals surface area (Å²) < 4.78 is 28.1. The summed E-state index contributed by atoms with van der Waals surface area (Å²) in [5, 5.41) is 13.1. The molecule has 0 spiro atoms. The molecule has 2 aliphatic rings. The first-order chi connectivity index (χ1) is 16.4. The van der Waals surface area contributed by atoms with Gasteiger partial charge < -0.3 is 11.1 Å². The Morgan fingerprint density at radius 2 is 1.82 bits per heavy atom. The number of rotatable bonds is 6. The van der Waals surface area contributed by atoms with Gasteiger partial charge >= 0.3 is 0 Å². The van der Waals surface area contributed by atoms with Crippen LogP contribution in [-0.4, -0.2) is 51.1 Å². The summed E-state index contributed by atoms with van der Waals surface area (Å²) in [4.78, 5) is 2.43. The van der Waals surface area contributed by atoms with Crippen molar-refractivity contribution < 1.29 is 8.42 Å². The lowest BCUT2D eigenvalue weighted by molar-refractivity contribution is 0.233. The number of hydrogen-bond donors (Lipinski definition) is 3. The Morgan fingerprint density at radius 1 is 1.06 bits per heavy atom. The molecule has 178 valence electrons. The van der Waals surface area contributed by atoms with Crippen LogP contribution in [0, 0.1) is 5.41 Å². The van der Waals surface area contributed by atoms with Crippen molar-refractivity contribution in [3.63, 3.8) is 0 Å². The lowest BCUT2D eigenvalue weighted by atomic mass is 9.98. The minimum Gasteiger partial charge on any atom is -0.384 e. The Hall–Kier alpha value is -2.94. The molecular weight excluding hydrogens is 446 g/mol. The maximum Gasteiger partial charge on any atom is 0.235 e. The molecule has 1 unspecified atom stereocenters. The normalized spacial score (nSPS) is 18.9. The van der Waals surface area contributed by atoms with Crippen molar-refractivity contribution in [1.29, 1.82) is 5.41 Å². The number of nitrogens with two attached hydrogens (primary N) is 1. The van der Waals surface area contributed by atoms with Crippen molar-refractivity contribution in [3.05, 3.63) is 76.9 Å². The Morgan fingerprint density at radius 3 is 2.56 bits per heavy atom. The number of benzene rings is 3. The number of nitrogen functional groups attached to an aromatic ring is 1. The van der Waals surface area contributed by atoms with E-state index in [9.17, 15) is 8.42 Å². The minimum atomic E-state index is -3.46. The van der Waals surface area contributed by atoms with Crippen LogP contribution in [0.15, 0.2) is 54.6 Å². The van der Waals surface area contributed by atoms with Gasteiger partial charge in [-0.25, -0.2) is 8.42 Å². The first-order valence-corrected chi connectivity index (χ1v) is 13.4. The molecule has 1 saturated heterocycles. The summed E-state index contributed by atoms with van der Waals surface area (Å²) in [5.41, 5.74) is 10.4. The second-order valence-corrected chi connectivity index (χ2v) is 11.3. The van der Waals surface area contributed by atoms with Crippen LogP contribution in [0.4, 0.5) is 5.69 Å². The van der Waals surface area contributed by atoms with Crippen LogP contribution in [0.25, 0.3) is 10.8 Å². The smallest absolute Gasteiger partial charge is 0.235 e. The van der Waals surface area contributed by atoms with Gasteiger partial charge in [0.05, 0.1) is 17.5 Å². The molecule has 1 fully saturated rings. The van der Waals surface area contributed by atoms with Crippen molar-refractivity contribution in [2.45, 2.75) is 25.9 Å². The fourth-order valence-electron chi connectivity index (χ4n) is 5.08. The van der Waals surface area contributed by atoms with E-state index in [1.807, 2.05) is 42.5 Å². The second kappa shape index (κ2) is 9.02. The molecule has 3 aromatic carbocycles. The Balaban J connectivity index is 1.52. The van der Waals surface area contributed by atoms with Crippen molar-refractivity contribution >= 4 is 32.3 Å². The summed E-state index contributed by atoms with van der Waals surface area (Å²) in [6.45, 7) is 6.63. The number of nitrogens with zero attached hydrogens (tertiary/aromatic N) is 2. The lowest BCUT2D eigenvalue weighted by Crippen LogP contribution is -2.42. The monoisotopic (exact) mass is 477 g/mol. The molecule has 0 aromatic heterocycles. The zero-order chi connectivity index (χ0) is 23.9. The van der Waals surface area contributed by atoms with Crippen LogP contribution in [-0.2, 0) is 23.0 Å². The van der Waals surface area contributed by atoms with Gasteiger partial charge in [-0.05, 0) is 52.6 Å². The van der Waals surface area contributed by atoms with E-state index in [1.54, 1.807) is 11.2 Å². The molecule has 2 aliphatic heterocycles. The van der Waals surface area contributed by atoms with Gasteiger partial charge in [0.15, 0.2) is 0 Å². The summed E-state index contributed by atoms with van der Waals surface area (Å²) in [6.07, 6.45) is 0.641. The molecule has 2 heterocycles. The number of piperazine rings is 1. The predicted octanol–water partition coefficient (Wildman–Crippen LogP) is 2.98. The van der Waals surface area contributed by atoms with Crippen LogP contribution in [0.3, 0.4) is 0 Å². The van der Waals surface area contributed by atoms with Gasteiger partial charge in [0.25, 0.3) is 0 Å². The number of sulfonamides is 1. The van der Waals surface area contributed by atoms with Gasteiger partial charge in [-0.15, -0.1) is 0 Å². The SMILES string of the molecule is CCS(=O)(=O)N1c2ccc(CN3CCNCC3)cc2CC1c1ccc2ccc(C(=N)N)cc2c1. The second-order valence-electron chi connectivity index (χ2n) is 9.14. The molecule has 1 atom stereocenters. The third-order valence-electron chi connectivity index (χ3n) is 6.92. The molecule has 0 radical (unpaired) electrons. The fraction of sp³-hybridized carbons (Fsp3) is 0.346. The highest BCUT2D eigenvalue weighted by Gasteiger charge is 2.37. The van der Waals surface area contributed by atoms with E-state index < -0.39 is 10.0 Å². The van der Waals surface area contributed by atoms with E-state index in [0.29, 0.717) is 12.0 Å². The van der Waals surface area contributed by atoms with Crippen molar-refractivity contribution in [1.82, 2.24) is 10.2 Å². The van der Waals surface area contributed by atoms with Gasteiger partial charge in [0.2, 0.25) is 10.0 Å². The molecule has 0 bridgehead atoms. The van der Waals surface area contributed by atoms with Crippen molar-refractivity contribution in [2.24, 2.45) is 5.73 Å². The Labute approximate surface area is 201 Å². The summed E-state index contributed by atoms with van der Waals surface area (Å²) in [5.74, 6) is 0.0702. The highest BCUT2D eigenvalue weighted by Crippen LogP contribution is 2.43. The molecule has 7 nitrogen and oxygen atoms in total. The zero-order valence-electron chi connectivity index (χ0n) is 19.4. The van der Waals surface area contributed by atoms with Gasteiger partial charge in [-0.2, -0.15) is 0 Å². The maximum absolute atomic E-state index is 13.2. The molecule has 0 amide bonds. The first-order valence-electron chi connectivity index (χ1n) is 11.8. The third-order valence-corrected chi connectivity index (χ3v) is 8.70. The van der Waals surface area contributed by atoms with Crippen LogP contribution >= 0.6 is 0 Å². The van der Waals surface area contributed by atoms with E-state index in [1.165, 1.54) is 5.56 Å². The van der Waals surface area contributed by atoms with Gasteiger partial charge in [0, 0.05) is 44.7 Å². The number of anilines is 1. The summed E-state index contributed by atoms with van der Waals surface area (Å²) >= 11 is 0. The number of hydrogen-bond acceptors (Lipinski definition) is 5. The third kappa shape index (κ3) is 4.29. The fourth-order valence-corrected chi connectivity index (χ4v) is 6.42. The number of nitrogens with one attached hydrogen (secondary N) is 2. The highest BCUT2D eigenvalue weighted by atomic mass is 32.2. The molecule has 0 aliphatic carbocycles. The molecule has 8 heteroatoms. The average Bonchev–Trinajstić information content (AvgIpc) is 3.23. The van der Waals surface area contributed by atoms with Crippen molar-refractivity contribution in [2.75, 3.05) is 36.2 Å². The zero-order valence-corrected chi connectivity index (χ0v) is 20.2. The van der Waals surface area contributed by atoms with Crippen molar-refractivity contribution in [3.8, 4) is 0 Å². The maximum atomic E-state index is 13.2. The summed E-state index contributed by atoms with van der Waals surface area (Å²) in [7, 11) is -3.46. The minimum absolute atomic E-state index is 0.0211. The first kappa shape index (κ1) is 22.8. The van der Waals surface area contributed by atoms with Crippen LogP contribution in [0.1, 0.15) is 35.2 Å². The largest absolute Gasteiger partial charge is 0.384 e. The summed E-state index contributed by atoms with van der Waals surface area (Å²) in [6, 6.07) is 17.7. The average molecular weight is 478 g/mol. The van der Waals surface area contributed by atoms with Gasteiger partial charge in [-0.3, -0.25) is 14.6 Å². The lowest BCUT2D eigenvalue weighted by Gasteiger charge is -2.28. The van der Waals surface area contributed by atoms with E-state index in [2.05, 4.69) is 22.3 Å². The Bertz CT molecular complexity index is 1350. The van der Waals surface area contributed by atoms with Crippen LogP contribution in [0.2, 0.25) is 0 Å². The molecule has 3 aromatic rings. The Kier molecular flexibility index (Phi) is 6.06. The van der Waals surface area contributed by atoms with Gasteiger partial charge in [0.1, 0.15) is 5.84 Å². The molecule has 0 saturated carbocycles. The molecule has 34 heavy (non-hydrogen) atoms.